The van der Waals surface area contributed by atoms with Crippen LogP contribution in [0, 0.1) is 0 Å². The highest BCUT2D eigenvalue weighted by atomic mass is 16.4. The Kier molecular flexibility index (Phi) is 3.25. The third-order valence-electron chi connectivity index (χ3n) is 3.77. The Balaban J connectivity index is 2.03. The summed E-state index contributed by atoms with van der Waals surface area (Å²) in [6, 6.07) is 9.30. The lowest BCUT2D eigenvalue weighted by Crippen LogP contribution is -2.05. The summed E-state index contributed by atoms with van der Waals surface area (Å²) in [7, 11) is 1.93. The number of carbonyl (C=O) groups is 1. The minimum atomic E-state index is -0.896. The number of hydrogen-bond acceptors (Lipinski definition) is 2. The molecule has 0 amide bonds. The van der Waals surface area contributed by atoms with Crippen molar-refractivity contribution < 1.29 is 9.90 Å². The van der Waals surface area contributed by atoms with Crippen LogP contribution in [0.4, 0.5) is 0 Å². The average Bonchev–Trinajstić information content (AvgIpc) is 3.03. The fraction of sp³-hybridized carbons (Fsp3) is 0.250. The number of aryl methyl sites for hydroxylation is 2. The van der Waals surface area contributed by atoms with Gasteiger partial charge in [0.05, 0.1) is 23.5 Å². The van der Waals surface area contributed by atoms with E-state index in [1.165, 1.54) is 0 Å². The zero-order valence-corrected chi connectivity index (χ0v) is 12.1. The maximum absolute atomic E-state index is 11.3. The molecule has 5 nitrogen and oxygen atoms in total. The maximum atomic E-state index is 11.3. The van der Waals surface area contributed by atoms with E-state index in [4.69, 9.17) is 0 Å². The molecule has 0 unspecified atom stereocenters. The van der Waals surface area contributed by atoms with Gasteiger partial charge in [-0.1, -0.05) is 13.0 Å². The Hall–Kier alpha value is -2.56. The second-order valence-electron chi connectivity index (χ2n) is 5.09. The van der Waals surface area contributed by atoms with Crippen molar-refractivity contribution in [2.45, 2.75) is 19.9 Å². The van der Waals surface area contributed by atoms with Crippen LogP contribution in [0.1, 0.15) is 28.7 Å². The molecule has 0 aliphatic carbocycles. The number of aromatic carboxylic acids is 1. The average molecular weight is 283 g/mol. The summed E-state index contributed by atoms with van der Waals surface area (Å²) in [4.78, 5) is 11.3. The third kappa shape index (κ3) is 2.31. The smallest absolute Gasteiger partial charge is 0.336 e. The molecule has 1 aromatic carbocycles. The van der Waals surface area contributed by atoms with Crippen molar-refractivity contribution in [3.63, 3.8) is 0 Å². The Labute approximate surface area is 122 Å². The summed E-state index contributed by atoms with van der Waals surface area (Å²) in [5.74, 6) is -0.896. The zero-order chi connectivity index (χ0) is 15.0. The van der Waals surface area contributed by atoms with E-state index in [1.54, 1.807) is 12.1 Å². The summed E-state index contributed by atoms with van der Waals surface area (Å²) < 4.78 is 3.93. The van der Waals surface area contributed by atoms with Gasteiger partial charge in [-0.2, -0.15) is 5.10 Å². The number of rotatable bonds is 4. The molecular weight excluding hydrogens is 266 g/mol. The molecule has 0 spiro atoms. The second kappa shape index (κ2) is 5.09. The minimum Gasteiger partial charge on any atom is -0.478 e. The van der Waals surface area contributed by atoms with E-state index in [-0.39, 0.29) is 0 Å². The van der Waals surface area contributed by atoms with Gasteiger partial charge >= 0.3 is 5.97 Å². The van der Waals surface area contributed by atoms with Gasteiger partial charge in [-0.3, -0.25) is 4.68 Å². The van der Waals surface area contributed by atoms with Crippen LogP contribution in [0.3, 0.4) is 0 Å². The monoisotopic (exact) mass is 283 g/mol. The van der Waals surface area contributed by atoms with Crippen LogP contribution in [0.5, 0.6) is 0 Å². The lowest BCUT2D eigenvalue weighted by molar-refractivity contribution is 0.0699. The molecule has 3 rings (SSSR count). The van der Waals surface area contributed by atoms with Crippen LogP contribution in [-0.2, 0) is 20.0 Å². The first-order chi connectivity index (χ1) is 10.1. The highest BCUT2D eigenvalue weighted by Gasteiger charge is 2.12. The van der Waals surface area contributed by atoms with E-state index in [0.29, 0.717) is 12.1 Å². The van der Waals surface area contributed by atoms with Crippen LogP contribution in [-0.4, -0.2) is 25.4 Å². The van der Waals surface area contributed by atoms with E-state index in [2.05, 4.69) is 22.7 Å². The van der Waals surface area contributed by atoms with Crippen molar-refractivity contribution in [1.29, 1.82) is 0 Å². The van der Waals surface area contributed by atoms with Gasteiger partial charge in [-0.15, -0.1) is 0 Å². The third-order valence-corrected chi connectivity index (χ3v) is 3.77. The molecule has 2 aromatic heterocycles. The van der Waals surface area contributed by atoms with Crippen LogP contribution < -0.4 is 0 Å². The number of hydrogen-bond donors (Lipinski definition) is 1. The summed E-state index contributed by atoms with van der Waals surface area (Å²) in [6.07, 6.45) is 2.83. The van der Waals surface area contributed by atoms with E-state index in [1.807, 2.05) is 30.1 Å². The standard InChI is InChI=1S/C16H17N3O2/c1-3-11-9-12(18(2)17-11)10-19-8-7-13-14(16(20)21)5-4-6-15(13)19/h4-9H,3,10H2,1-2H3,(H,20,21). The van der Waals surface area contributed by atoms with Crippen molar-refractivity contribution in [3.05, 3.63) is 53.5 Å². The van der Waals surface area contributed by atoms with Crippen molar-refractivity contribution >= 4 is 16.9 Å². The Bertz CT molecular complexity index is 814. The largest absolute Gasteiger partial charge is 0.478 e. The molecule has 0 bridgehead atoms. The molecular formula is C16H17N3O2. The van der Waals surface area contributed by atoms with Crippen LogP contribution in [0.25, 0.3) is 10.9 Å². The summed E-state index contributed by atoms with van der Waals surface area (Å²) in [5.41, 5.74) is 3.43. The fourth-order valence-electron chi connectivity index (χ4n) is 2.61. The van der Waals surface area contributed by atoms with Crippen LogP contribution >= 0.6 is 0 Å². The van der Waals surface area contributed by atoms with Gasteiger partial charge in [0.15, 0.2) is 0 Å². The molecule has 0 aliphatic heterocycles. The minimum absolute atomic E-state index is 0.338. The summed E-state index contributed by atoms with van der Waals surface area (Å²) in [5, 5.41) is 14.4. The molecule has 2 heterocycles. The van der Waals surface area contributed by atoms with Crippen LogP contribution in [0.15, 0.2) is 36.5 Å². The van der Waals surface area contributed by atoms with Gasteiger partial charge in [0.2, 0.25) is 0 Å². The first-order valence-electron chi connectivity index (χ1n) is 6.93. The number of carboxylic acid groups (broad SMARTS) is 1. The number of carboxylic acids is 1. The van der Waals surface area contributed by atoms with E-state index in [0.717, 1.165) is 28.7 Å². The SMILES string of the molecule is CCc1cc(Cn2ccc3c(C(=O)O)cccc32)n(C)n1. The van der Waals surface area contributed by atoms with E-state index >= 15 is 0 Å². The number of nitrogens with zero attached hydrogens (tertiary/aromatic N) is 3. The van der Waals surface area contributed by atoms with Crippen molar-refractivity contribution in [2.24, 2.45) is 7.05 Å². The topological polar surface area (TPSA) is 60.1 Å². The number of aromatic nitrogens is 3. The highest BCUT2D eigenvalue weighted by Crippen LogP contribution is 2.21. The lowest BCUT2D eigenvalue weighted by Gasteiger charge is -2.06. The van der Waals surface area contributed by atoms with Crippen molar-refractivity contribution in [1.82, 2.24) is 14.3 Å². The van der Waals surface area contributed by atoms with Crippen molar-refractivity contribution in [3.8, 4) is 0 Å². The Morgan fingerprint density at radius 2 is 2.14 bits per heavy atom. The number of benzene rings is 1. The first kappa shape index (κ1) is 13.4. The second-order valence-corrected chi connectivity index (χ2v) is 5.09. The normalized spacial score (nSPS) is 11.1. The van der Waals surface area contributed by atoms with Gasteiger partial charge in [0.25, 0.3) is 0 Å². The lowest BCUT2D eigenvalue weighted by atomic mass is 10.1. The quantitative estimate of drug-likeness (QED) is 0.800. The van der Waals surface area contributed by atoms with Gasteiger partial charge in [-0.05, 0) is 30.7 Å². The molecule has 0 radical (unpaired) electrons. The molecule has 3 aromatic rings. The van der Waals surface area contributed by atoms with Gasteiger partial charge in [0, 0.05) is 24.1 Å². The van der Waals surface area contributed by atoms with Crippen molar-refractivity contribution in [2.75, 3.05) is 0 Å². The van der Waals surface area contributed by atoms with Gasteiger partial charge < -0.3 is 9.67 Å². The molecule has 5 heteroatoms. The summed E-state index contributed by atoms with van der Waals surface area (Å²) in [6.45, 7) is 2.76. The molecule has 0 aliphatic rings. The Morgan fingerprint density at radius 1 is 1.33 bits per heavy atom. The molecule has 1 N–H and O–H groups in total. The first-order valence-corrected chi connectivity index (χ1v) is 6.93. The van der Waals surface area contributed by atoms with E-state index in [9.17, 15) is 9.90 Å². The van der Waals surface area contributed by atoms with Crippen LogP contribution in [0.2, 0.25) is 0 Å². The maximum Gasteiger partial charge on any atom is 0.336 e. The van der Waals surface area contributed by atoms with E-state index < -0.39 is 5.97 Å². The van der Waals surface area contributed by atoms with Gasteiger partial charge in [-0.25, -0.2) is 4.79 Å². The zero-order valence-electron chi connectivity index (χ0n) is 12.1. The molecule has 108 valence electrons. The molecule has 0 fully saturated rings. The molecule has 0 saturated carbocycles. The van der Waals surface area contributed by atoms with Gasteiger partial charge in [0.1, 0.15) is 0 Å². The summed E-state index contributed by atoms with van der Waals surface area (Å²) >= 11 is 0. The molecule has 0 atom stereocenters. The molecule has 0 saturated heterocycles. The predicted molar refractivity (Wildman–Crippen MR) is 80.6 cm³/mol. The Morgan fingerprint density at radius 3 is 2.81 bits per heavy atom. The number of fused-ring (bicyclic) bond motifs is 1. The molecule has 21 heavy (non-hydrogen) atoms. The fourth-order valence-corrected chi connectivity index (χ4v) is 2.61. The highest BCUT2D eigenvalue weighted by molar-refractivity contribution is 6.02. The predicted octanol–water partition coefficient (Wildman–Crippen LogP) is 2.68.